The fourth-order valence-corrected chi connectivity index (χ4v) is 5.09. The van der Waals surface area contributed by atoms with E-state index >= 15 is 0 Å². The lowest BCUT2D eigenvalue weighted by molar-refractivity contribution is -2.00. The Morgan fingerprint density at radius 1 is 0.679 bits per heavy atom. The van der Waals surface area contributed by atoms with E-state index in [9.17, 15) is 0 Å². The molecule has 0 saturated heterocycles. The zero-order valence-corrected chi connectivity index (χ0v) is 16.8. The molecule has 144 valence electrons. The Hall–Kier alpha value is -2.12. The van der Waals surface area contributed by atoms with Crippen LogP contribution in [-0.2, 0) is 16.5 Å². The number of allylic oxidation sites excluding steroid dienone is 1. The summed E-state index contributed by atoms with van der Waals surface area (Å²) in [6.07, 6.45) is 2.45. The fraction of sp³-hybridized carbons (Fsp3) is 0.0909. The van der Waals surface area contributed by atoms with Gasteiger partial charge < -0.3 is 0 Å². The molecule has 0 saturated carbocycles. The minimum absolute atomic E-state index is 0.110. The summed E-state index contributed by atoms with van der Waals surface area (Å²) in [5.41, 5.74) is 5.42. The molecule has 0 spiro atoms. The van der Waals surface area contributed by atoms with Crippen LogP contribution in [0, 0.1) is 10.2 Å². The molecule has 0 radical (unpaired) electrons. The van der Waals surface area contributed by atoms with Crippen LogP contribution in [0.2, 0.25) is 0 Å². The molecular formula is C22H19ClO4S. The van der Waals surface area contributed by atoms with Crippen LogP contribution in [0.5, 0.6) is 0 Å². The van der Waals surface area contributed by atoms with E-state index in [4.69, 9.17) is 18.6 Å². The van der Waals surface area contributed by atoms with Crippen molar-refractivity contribution >= 4 is 17.3 Å². The molecule has 3 aromatic rings. The van der Waals surface area contributed by atoms with Gasteiger partial charge in [-0.3, -0.25) is 0 Å². The van der Waals surface area contributed by atoms with Gasteiger partial charge in [0.25, 0.3) is 0 Å². The van der Waals surface area contributed by atoms with Gasteiger partial charge in [-0.25, -0.2) is 18.6 Å². The highest BCUT2D eigenvalue weighted by Gasteiger charge is 2.44. The van der Waals surface area contributed by atoms with Crippen molar-refractivity contribution in [1.82, 2.24) is 0 Å². The lowest BCUT2D eigenvalue weighted by Gasteiger charge is -2.29. The predicted molar refractivity (Wildman–Crippen MR) is 101 cm³/mol. The largest absolute Gasteiger partial charge is 0.222 e. The maximum absolute atomic E-state index is 8.49. The zero-order valence-electron chi connectivity index (χ0n) is 15.1. The molecule has 0 amide bonds. The highest BCUT2D eigenvalue weighted by atomic mass is 35.7. The second kappa shape index (κ2) is 8.49. The summed E-state index contributed by atoms with van der Waals surface area (Å²) >= 11 is 1.32. The van der Waals surface area contributed by atoms with Crippen molar-refractivity contribution in [2.45, 2.75) is 16.6 Å². The lowest BCUT2D eigenvalue weighted by atomic mass is 9.87. The molecule has 0 N–H and O–H groups in total. The summed E-state index contributed by atoms with van der Waals surface area (Å²) in [5, 5.41) is 0. The van der Waals surface area contributed by atoms with E-state index in [1.165, 1.54) is 38.9 Å². The SMILES string of the molecule is CC1=CC(c2ccccc2)(c2ccccc2)[SH+]c2ccccc21.[O-][Cl+3]([O-])([O-])[O-]. The Morgan fingerprint density at radius 3 is 1.61 bits per heavy atom. The number of hydrogen-bond acceptors (Lipinski definition) is 4. The Bertz CT molecular complexity index is 908. The van der Waals surface area contributed by atoms with Gasteiger partial charge in [0, 0.05) is 28.5 Å². The predicted octanol–water partition coefficient (Wildman–Crippen LogP) is 0.465. The molecule has 28 heavy (non-hydrogen) atoms. The summed E-state index contributed by atoms with van der Waals surface area (Å²) < 4.78 is 33.9. The molecule has 1 aliphatic rings. The molecule has 0 bridgehead atoms. The van der Waals surface area contributed by atoms with E-state index in [1.54, 1.807) is 0 Å². The van der Waals surface area contributed by atoms with Gasteiger partial charge in [0.15, 0.2) is 9.64 Å². The minimum atomic E-state index is -4.94. The van der Waals surface area contributed by atoms with Crippen LogP contribution in [0.25, 0.3) is 5.57 Å². The molecule has 0 aliphatic carbocycles. The molecule has 4 nitrogen and oxygen atoms in total. The molecule has 4 rings (SSSR count). The number of hydrogen-bond donors (Lipinski definition) is 0. The van der Waals surface area contributed by atoms with Crippen molar-refractivity contribution in [1.29, 1.82) is 0 Å². The third kappa shape index (κ3) is 4.83. The molecule has 0 atom stereocenters. The summed E-state index contributed by atoms with van der Waals surface area (Å²) in [6.45, 7) is 2.23. The molecule has 3 aromatic carbocycles. The number of thiol groups is 1. The van der Waals surface area contributed by atoms with Crippen molar-refractivity contribution in [2.24, 2.45) is 0 Å². The van der Waals surface area contributed by atoms with Crippen LogP contribution in [0.4, 0.5) is 0 Å². The van der Waals surface area contributed by atoms with E-state index in [2.05, 4.69) is 97.9 Å². The number of halogens is 1. The van der Waals surface area contributed by atoms with Crippen LogP contribution in [-0.4, -0.2) is 0 Å². The van der Waals surface area contributed by atoms with Gasteiger partial charge in [-0.2, -0.15) is 0 Å². The van der Waals surface area contributed by atoms with E-state index in [1.807, 2.05) is 0 Å². The second-order valence-electron chi connectivity index (χ2n) is 6.33. The average molecular weight is 415 g/mol. The van der Waals surface area contributed by atoms with Crippen molar-refractivity contribution in [3.05, 3.63) is 108 Å². The van der Waals surface area contributed by atoms with Gasteiger partial charge in [0.2, 0.25) is 0 Å². The average Bonchev–Trinajstić information content (AvgIpc) is 2.68. The van der Waals surface area contributed by atoms with Gasteiger partial charge in [0.1, 0.15) is 0 Å². The van der Waals surface area contributed by atoms with Gasteiger partial charge in [-0.15, -0.1) is 10.2 Å². The number of fused-ring (bicyclic) bond motifs is 1. The van der Waals surface area contributed by atoms with Crippen molar-refractivity contribution < 1.29 is 28.9 Å². The van der Waals surface area contributed by atoms with Gasteiger partial charge >= 0.3 is 0 Å². The van der Waals surface area contributed by atoms with Crippen LogP contribution in [0.1, 0.15) is 23.6 Å². The first-order chi connectivity index (χ1) is 13.3. The molecule has 1 heterocycles. The molecule has 6 heteroatoms. The van der Waals surface area contributed by atoms with Crippen LogP contribution < -0.4 is 18.6 Å². The van der Waals surface area contributed by atoms with E-state index < -0.39 is 10.2 Å². The minimum Gasteiger partial charge on any atom is -0.222 e. The normalized spacial score (nSPS) is 15.0. The summed E-state index contributed by atoms with van der Waals surface area (Å²) in [5.74, 6) is 0. The van der Waals surface area contributed by atoms with Crippen LogP contribution in [0.15, 0.2) is 95.9 Å². The number of benzene rings is 3. The molecular weight excluding hydrogens is 396 g/mol. The highest BCUT2D eigenvalue weighted by Crippen LogP contribution is 2.44. The highest BCUT2D eigenvalue weighted by molar-refractivity contribution is 7.80. The van der Waals surface area contributed by atoms with Crippen LogP contribution >= 0.6 is 0 Å². The fourth-order valence-electron chi connectivity index (χ4n) is 3.36. The van der Waals surface area contributed by atoms with E-state index in [0.717, 1.165) is 0 Å². The smallest absolute Gasteiger partial charge is 0.200 e. The Labute approximate surface area is 170 Å². The Morgan fingerprint density at radius 2 is 1.11 bits per heavy atom. The Kier molecular flexibility index (Phi) is 6.25. The Balaban J connectivity index is 0.000000403. The van der Waals surface area contributed by atoms with Crippen molar-refractivity contribution in [2.75, 3.05) is 0 Å². The zero-order chi connectivity index (χ0) is 20.2. The third-order valence-corrected chi connectivity index (χ3v) is 6.11. The number of rotatable bonds is 2. The van der Waals surface area contributed by atoms with E-state index in [-0.39, 0.29) is 4.75 Å². The first-order valence-corrected chi connectivity index (χ1v) is 10.7. The quantitative estimate of drug-likeness (QED) is 0.450. The third-order valence-electron chi connectivity index (χ3n) is 4.48. The molecule has 1 aliphatic heterocycles. The monoisotopic (exact) mass is 414 g/mol. The second-order valence-corrected chi connectivity index (χ2v) is 8.50. The van der Waals surface area contributed by atoms with Gasteiger partial charge in [-0.1, -0.05) is 72.8 Å². The standard InChI is InChI=1S/C22H18S.ClHO4/c1-17-16-22(18-10-4-2-5-11-18,19-12-6-3-7-13-19)23-21-15-9-8-14-20(17)21;2-1(3,4)5/h2-16H,1H3;(H,2,3,4,5). The first-order valence-electron chi connectivity index (χ1n) is 8.54. The van der Waals surface area contributed by atoms with Crippen LogP contribution in [0.3, 0.4) is 0 Å². The summed E-state index contributed by atoms with van der Waals surface area (Å²) in [4.78, 5) is 1.40. The van der Waals surface area contributed by atoms with Crippen molar-refractivity contribution in [3.8, 4) is 0 Å². The molecule has 0 aromatic heterocycles. The first kappa shape index (κ1) is 20.6. The summed E-state index contributed by atoms with van der Waals surface area (Å²) in [6, 6.07) is 30.5. The van der Waals surface area contributed by atoms with Gasteiger partial charge in [-0.05, 0) is 30.7 Å². The topological polar surface area (TPSA) is 92.2 Å². The van der Waals surface area contributed by atoms with Gasteiger partial charge in [0.05, 0.1) is 0 Å². The lowest BCUT2D eigenvalue weighted by Crippen LogP contribution is -2.68. The van der Waals surface area contributed by atoms with Crippen molar-refractivity contribution in [3.63, 3.8) is 0 Å². The maximum atomic E-state index is 8.49. The summed E-state index contributed by atoms with van der Waals surface area (Å²) in [7, 11) is -4.94. The molecule has 0 unspecified atom stereocenters. The maximum Gasteiger partial charge on any atom is 0.200 e. The molecule has 0 fully saturated rings. The van der Waals surface area contributed by atoms with E-state index in [0.29, 0.717) is 0 Å².